The zero-order valence-electron chi connectivity index (χ0n) is 19.9. The summed E-state index contributed by atoms with van der Waals surface area (Å²) in [5.41, 5.74) is -1.70. The van der Waals surface area contributed by atoms with Gasteiger partial charge < -0.3 is 19.5 Å². The lowest BCUT2D eigenvalue weighted by Gasteiger charge is -2.21. The fraction of sp³-hybridized carbons (Fsp3) is 0.417. The van der Waals surface area contributed by atoms with Crippen molar-refractivity contribution < 1.29 is 36.2 Å². The number of anilines is 1. The minimum absolute atomic E-state index is 0.135. The number of ether oxygens (including phenoxy) is 3. The molecule has 0 amide bonds. The minimum atomic E-state index is -5.04. The van der Waals surface area contributed by atoms with Gasteiger partial charge in [-0.25, -0.2) is 18.7 Å². The number of nitrogens with one attached hydrogen (secondary N) is 1. The highest BCUT2D eigenvalue weighted by molar-refractivity contribution is 5.92. The van der Waals surface area contributed by atoms with Crippen LogP contribution in [0.5, 0.6) is 11.5 Å². The van der Waals surface area contributed by atoms with Crippen LogP contribution in [0, 0.1) is 18.6 Å². The summed E-state index contributed by atoms with van der Waals surface area (Å²) in [4.78, 5) is 8.73. The predicted molar refractivity (Wildman–Crippen MR) is 121 cm³/mol. The van der Waals surface area contributed by atoms with E-state index in [1.807, 2.05) is 6.92 Å². The van der Waals surface area contributed by atoms with Crippen LogP contribution < -0.4 is 14.8 Å². The first kappa shape index (κ1) is 26.4. The highest BCUT2D eigenvalue weighted by Crippen LogP contribution is 2.38. The van der Waals surface area contributed by atoms with Crippen LogP contribution in [0.3, 0.4) is 0 Å². The molecule has 0 fully saturated rings. The Balaban J connectivity index is 2.07. The van der Waals surface area contributed by atoms with Crippen LogP contribution >= 0.6 is 0 Å². The molecule has 0 aliphatic heterocycles. The maximum Gasteiger partial charge on any atom is 0.419 e. The highest BCUT2D eigenvalue weighted by Gasteiger charge is 2.36. The predicted octanol–water partition coefficient (Wildman–Crippen LogP) is 6.22. The fourth-order valence-electron chi connectivity index (χ4n) is 3.63. The van der Waals surface area contributed by atoms with Crippen LogP contribution in [0.25, 0.3) is 10.9 Å². The van der Waals surface area contributed by atoms with E-state index in [1.165, 1.54) is 14.0 Å². The molecule has 0 bridgehead atoms. The Bertz CT molecular complexity index is 1200. The topological polar surface area (TPSA) is 65.5 Å². The zero-order chi connectivity index (χ0) is 25.9. The van der Waals surface area contributed by atoms with E-state index in [0.717, 1.165) is 6.07 Å². The summed E-state index contributed by atoms with van der Waals surface area (Å²) in [5, 5.41) is 3.36. The van der Waals surface area contributed by atoms with Crippen LogP contribution in [-0.4, -0.2) is 36.9 Å². The average molecular weight is 499 g/mol. The molecule has 190 valence electrons. The largest absolute Gasteiger partial charge is 0.493 e. The first-order chi connectivity index (χ1) is 16.5. The van der Waals surface area contributed by atoms with Gasteiger partial charge in [0.15, 0.2) is 11.5 Å². The van der Waals surface area contributed by atoms with Gasteiger partial charge in [-0.05, 0) is 38.5 Å². The van der Waals surface area contributed by atoms with Crippen molar-refractivity contribution >= 4 is 16.7 Å². The number of methoxy groups -OCH3 is 2. The number of alkyl halides is 3. The lowest BCUT2D eigenvalue weighted by Crippen LogP contribution is -2.21. The molecule has 1 N–H and O–H groups in total. The van der Waals surface area contributed by atoms with Crippen molar-refractivity contribution in [2.45, 2.75) is 45.5 Å². The zero-order valence-corrected chi connectivity index (χ0v) is 19.9. The van der Waals surface area contributed by atoms with Gasteiger partial charge in [-0.1, -0.05) is 6.92 Å². The molecular weight excluding hydrogens is 473 g/mol. The monoisotopic (exact) mass is 499 g/mol. The van der Waals surface area contributed by atoms with E-state index in [2.05, 4.69) is 15.3 Å². The van der Waals surface area contributed by atoms with Gasteiger partial charge in [-0.15, -0.1) is 0 Å². The molecule has 11 heteroatoms. The summed E-state index contributed by atoms with van der Waals surface area (Å²) in [6, 6.07) is 3.07. The number of hydrogen-bond acceptors (Lipinski definition) is 6. The van der Waals surface area contributed by atoms with Crippen molar-refractivity contribution in [3.63, 3.8) is 0 Å². The third-order valence-corrected chi connectivity index (χ3v) is 5.39. The standard InChI is InChI=1S/C24H26F5N3O3/c1-6-15(11-33-4)35-21-9-17-19(10-20(21)34-5)31-13(3)32-23(17)30-12(2)16-7-14(25)8-18(22(16)26)24(27,28)29/h7-10,12,15H,6,11H2,1-5H3,(H,30,31,32)/t12-,15?/m1/s1. The summed E-state index contributed by atoms with van der Waals surface area (Å²) < 4.78 is 84.8. The van der Waals surface area contributed by atoms with Crippen LogP contribution in [0.2, 0.25) is 0 Å². The van der Waals surface area contributed by atoms with Crippen molar-refractivity contribution in [2.24, 2.45) is 0 Å². The Hall–Kier alpha value is -3.21. The van der Waals surface area contributed by atoms with Gasteiger partial charge in [0.05, 0.1) is 30.8 Å². The number of aromatic nitrogens is 2. The molecule has 3 aromatic rings. The van der Waals surface area contributed by atoms with E-state index in [1.54, 1.807) is 26.2 Å². The highest BCUT2D eigenvalue weighted by atomic mass is 19.4. The van der Waals surface area contributed by atoms with Gasteiger partial charge in [-0.2, -0.15) is 13.2 Å². The fourth-order valence-corrected chi connectivity index (χ4v) is 3.63. The molecule has 0 aliphatic carbocycles. The molecular formula is C24H26F5N3O3. The van der Waals surface area contributed by atoms with Gasteiger partial charge in [0.25, 0.3) is 0 Å². The molecule has 6 nitrogen and oxygen atoms in total. The molecule has 0 saturated heterocycles. The van der Waals surface area contributed by atoms with Gasteiger partial charge in [0.2, 0.25) is 0 Å². The second-order valence-electron chi connectivity index (χ2n) is 7.96. The van der Waals surface area contributed by atoms with Crippen molar-refractivity contribution in [1.29, 1.82) is 0 Å². The summed E-state index contributed by atoms with van der Waals surface area (Å²) in [6.45, 7) is 5.31. The molecule has 1 heterocycles. The lowest BCUT2D eigenvalue weighted by molar-refractivity contribution is -0.140. The van der Waals surface area contributed by atoms with Crippen molar-refractivity contribution in [3.05, 3.63) is 52.9 Å². The summed E-state index contributed by atoms with van der Waals surface area (Å²) in [5.74, 6) is -1.40. The van der Waals surface area contributed by atoms with Gasteiger partial charge in [0, 0.05) is 24.1 Å². The van der Waals surface area contributed by atoms with E-state index < -0.39 is 35.0 Å². The van der Waals surface area contributed by atoms with Gasteiger partial charge >= 0.3 is 6.18 Å². The average Bonchev–Trinajstić information content (AvgIpc) is 2.78. The second kappa shape index (κ2) is 10.6. The van der Waals surface area contributed by atoms with E-state index in [0.29, 0.717) is 41.3 Å². The normalized spacial score (nSPS) is 13.5. The summed E-state index contributed by atoms with van der Waals surface area (Å²) in [6.07, 6.45) is -4.66. The molecule has 0 aliphatic rings. The SMILES string of the molecule is CCC(COC)Oc1cc2c(N[C@H](C)c3cc(F)cc(C(F)(F)F)c3F)nc(C)nc2cc1OC. The first-order valence-electron chi connectivity index (χ1n) is 10.8. The lowest BCUT2D eigenvalue weighted by atomic mass is 10.0. The Morgan fingerprint density at radius 2 is 1.74 bits per heavy atom. The molecule has 35 heavy (non-hydrogen) atoms. The second-order valence-corrected chi connectivity index (χ2v) is 7.96. The number of fused-ring (bicyclic) bond motifs is 1. The Morgan fingerprint density at radius 3 is 2.34 bits per heavy atom. The van der Waals surface area contributed by atoms with Crippen molar-refractivity contribution in [1.82, 2.24) is 9.97 Å². The van der Waals surface area contributed by atoms with Crippen LogP contribution in [0.15, 0.2) is 24.3 Å². The van der Waals surface area contributed by atoms with Gasteiger partial charge in [0.1, 0.15) is 29.4 Å². The van der Waals surface area contributed by atoms with Crippen LogP contribution in [0.1, 0.15) is 43.3 Å². The maximum absolute atomic E-state index is 14.7. The van der Waals surface area contributed by atoms with E-state index >= 15 is 0 Å². The Kier molecular flexibility index (Phi) is 7.99. The number of hydrogen-bond donors (Lipinski definition) is 1. The van der Waals surface area contributed by atoms with Gasteiger partial charge in [-0.3, -0.25) is 0 Å². The number of halogens is 5. The van der Waals surface area contributed by atoms with Crippen molar-refractivity contribution in [2.75, 3.05) is 26.1 Å². The molecule has 2 aromatic carbocycles. The Morgan fingerprint density at radius 1 is 1.03 bits per heavy atom. The van der Waals surface area contributed by atoms with E-state index in [9.17, 15) is 22.0 Å². The molecule has 1 unspecified atom stereocenters. The Labute approximate surface area is 199 Å². The molecule has 0 radical (unpaired) electrons. The number of nitrogens with zero attached hydrogens (tertiary/aromatic N) is 2. The van der Waals surface area contributed by atoms with E-state index in [-0.39, 0.29) is 18.0 Å². The smallest absolute Gasteiger partial charge is 0.419 e. The molecule has 3 rings (SSSR count). The van der Waals surface area contributed by atoms with Crippen LogP contribution in [0.4, 0.5) is 27.8 Å². The third kappa shape index (κ3) is 5.90. The van der Waals surface area contributed by atoms with Crippen molar-refractivity contribution in [3.8, 4) is 11.5 Å². The number of aryl methyl sites for hydroxylation is 1. The van der Waals surface area contributed by atoms with E-state index in [4.69, 9.17) is 14.2 Å². The molecule has 0 saturated carbocycles. The third-order valence-electron chi connectivity index (χ3n) is 5.39. The quantitative estimate of drug-likeness (QED) is 0.353. The minimum Gasteiger partial charge on any atom is -0.493 e. The molecule has 1 aromatic heterocycles. The number of rotatable bonds is 9. The summed E-state index contributed by atoms with van der Waals surface area (Å²) >= 11 is 0. The maximum atomic E-state index is 14.7. The summed E-state index contributed by atoms with van der Waals surface area (Å²) in [7, 11) is 3.03. The van der Waals surface area contributed by atoms with Crippen LogP contribution in [-0.2, 0) is 10.9 Å². The number of benzene rings is 2. The first-order valence-corrected chi connectivity index (χ1v) is 10.8. The molecule has 2 atom stereocenters. The molecule has 0 spiro atoms.